The first-order valence-corrected chi connectivity index (χ1v) is 7.29. The Bertz CT molecular complexity index is 479. The summed E-state index contributed by atoms with van der Waals surface area (Å²) in [6, 6.07) is -1.91. The number of nitro groups is 1. The molecule has 9 nitrogen and oxygen atoms in total. The third kappa shape index (κ3) is 5.84. The summed E-state index contributed by atoms with van der Waals surface area (Å²) in [6.45, 7) is 7.57. The molecular weight excluding hydrogens is 306 g/mol. The van der Waals surface area contributed by atoms with E-state index in [1.807, 2.05) is 0 Å². The van der Waals surface area contributed by atoms with Gasteiger partial charge in [0.05, 0.1) is 7.11 Å². The molecule has 0 aliphatic carbocycles. The number of rotatable bonds is 8. The van der Waals surface area contributed by atoms with Crippen LogP contribution in [0, 0.1) is 16.0 Å². The van der Waals surface area contributed by atoms with Crippen LogP contribution < -0.4 is 10.6 Å². The van der Waals surface area contributed by atoms with Crippen LogP contribution in [0.1, 0.15) is 41.0 Å². The van der Waals surface area contributed by atoms with E-state index in [0.29, 0.717) is 0 Å². The van der Waals surface area contributed by atoms with Gasteiger partial charge in [-0.15, -0.1) is 0 Å². The van der Waals surface area contributed by atoms with Gasteiger partial charge in [-0.3, -0.25) is 19.7 Å². The van der Waals surface area contributed by atoms with Gasteiger partial charge in [0.2, 0.25) is 5.91 Å². The fraction of sp³-hybridized carbons (Fsp3) is 0.786. The molecule has 0 spiro atoms. The first kappa shape index (κ1) is 20.8. The van der Waals surface area contributed by atoms with Crippen LogP contribution in [0.5, 0.6) is 0 Å². The summed E-state index contributed by atoms with van der Waals surface area (Å²) in [5, 5.41) is 15.9. The van der Waals surface area contributed by atoms with Crippen molar-refractivity contribution in [1.29, 1.82) is 0 Å². The van der Waals surface area contributed by atoms with E-state index in [1.54, 1.807) is 13.8 Å². The number of ether oxygens (including phenoxy) is 1. The fourth-order valence-corrected chi connectivity index (χ4v) is 2.04. The lowest BCUT2D eigenvalue weighted by Crippen LogP contribution is -2.57. The molecule has 132 valence electrons. The summed E-state index contributed by atoms with van der Waals surface area (Å²) in [5.41, 5.74) is -1.82. The molecule has 0 unspecified atom stereocenters. The van der Waals surface area contributed by atoms with Gasteiger partial charge in [0.1, 0.15) is 12.1 Å². The van der Waals surface area contributed by atoms with Crippen LogP contribution >= 0.6 is 0 Å². The van der Waals surface area contributed by atoms with Crippen molar-refractivity contribution in [1.82, 2.24) is 10.6 Å². The van der Waals surface area contributed by atoms with Gasteiger partial charge in [-0.1, -0.05) is 13.8 Å². The molecule has 0 bridgehead atoms. The molecule has 0 aromatic carbocycles. The van der Waals surface area contributed by atoms with E-state index in [1.165, 1.54) is 27.9 Å². The summed E-state index contributed by atoms with van der Waals surface area (Å²) >= 11 is 0. The van der Waals surface area contributed by atoms with Crippen LogP contribution in [0.25, 0.3) is 0 Å². The van der Waals surface area contributed by atoms with Crippen molar-refractivity contribution in [3.8, 4) is 0 Å². The summed E-state index contributed by atoms with van der Waals surface area (Å²) in [5.74, 6) is -2.18. The predicted molar refractivity (Wildman–Crippen MR) is 82.1 cm³/mol. The Morgan fingerprint density at radius 1 is 1.13 bits per heavy atom. The average Bonchev–Trinajstić information content (AvgIpc) is 2.44. The van der Waals surface area contributed by atoms with Gasteiger partial charge < -0.3 is 15.4 Å². The lowest BCUT2D eigenvalue weighted by molar-refractivity contribution is -0.550. The van der Waals surface area contributed by atoms with E-state index in [-0.39, 0.29) is 12.3 Å². The van der Waals surface area contributed by atoms with Crippen molar-refractivity contribution in [3.05, 3.63) is 10.1 Å². The molecule has 0 heterocycles. The molecule has 0 aliphatic heterocycles. The molecule has 0 saturated carbocycles. The quantitative estimate of drug-likeness (QED) is 0.373. The normalized spacial score (nSPS) is 16.0. The Balaban J connectivity index is 4.89. The van der Waals surface area contributed by atoms with E-state index in [4.69, 9.17) is 0 Å². The van der Waals surface area contributed by atoms with Crippen LogP contribution in [0.4, 0.5) is 0 Å². The molecule has 0 aromatic heterocycles. The van der Waals surface area contributed by atoms with Crippen molar-refractivity contribution in [2.75, 3.05) is 7.11 Å². The fourth-order valence-electron chi connectivity index (χ4n) is 2.04. The van der Waals surface area contributed by atoms with E-state index in [9.17, 15) is 24.5 Å². The molecule has 0 saturated heterocycles. The Labute approximate surface area is 135 Å². The molecule has 0 aliphatic rings. The maximum atomic E-state index is 12.2. The number of amides is 2. The second-order valence-electron chi connectivity index (χ2n) is 6.08. The predicted octanol–water partition coefficient (Wildman–Crippen LogP) is 0.250. The number of carbonyl (C=O) groups is 3. The zero-order valence-corrected chi connectivity index (χ0v) is 14.3. The highest BCUT2D eigenvalue weighted by Crippen LogP contribution is 2.20. The van der Waals surface area contributed by atoms with E-state index >= 15 is 0 Å². The van der Waals surface area contributed by atoms with E-state index in [2.05, 4.69) is 15.4 Å². The number of methoxy groups -OCH3 is 1. The monoisotopic (exact) mass is 331 g/mol. The highest BCUT2D eigenvalue weighted by Gasteiger charge is 2.47. The van der Waals surface area contributed by atoms with Crippen molar-refractivity contribution < 1.29 is 24.0 Å². The summed E-state index contributed by atoms with van der Waals surface area (Å²) in [4.78, 5) is 46.0. The molecule has 0 rings (SSSR count). The molecule has 9 heteroatoms. The Morgan fingerprint density at radius 3 is 2.04 bits per heavy atom. The first-order valence-electron chi connectivity index (χ1n) is 7.29. The number of nitrogens with one attached hydrogen (secondary N) is 2. The molecule has 0 fully saturated rings. The van der Waals surface area contributed by atoms with E-state index in [0.717, 1.165) is 0 Å². The van der Waals surface area contributed by atoms with Crippen molar-refractivity contribution in [3.63, 3.8) is 0 Å². The lowest BCUT2D eigenvalue weighted by Gasteiger charge is -2.24. The van der Waals surface area contributed by atoms with Gasteiger partial charge in [-0.2, -0.15) is 0 Å². The Hall–Kier alpha value is -2.19. The van der Waals surface area contributed by atoms with Gasteiger partial charge in [0.25, 0.3) is 11.4 Å². The maximum absolute atomic E-state index is 12.2. The zero-order chi connectivity index (χ0) is 18.4. The largest absolute Gasteiger partial charge is 0.467 e. The molecule has 2 amide bonds. The highest BCUT2D eigenvalue weighted by molar-refractivity contribution is 5.92. The second-order valence-corrected chi connectivity index (χ2v) is 6.08. The molecule has 3 atom stereocenters. The number of nitrogens with zero attached hydrogens (tertiary/aromatic N) is 1. The van der Waals surface area contributed by atoms with Gasteiger partial charge in [0.15, 0.2) is 0 Å². The topological polar surface area (TPSA) is 128 Å². The third-order valence-electron chi connectivity index (χ3n) is 3.35. The molecule has 0 radical (unpaired) electrons. The number of carbonyl (C=O) groups excluding carboxylic acids is 3. The van der Waals surface area contributed by atoms with Crippen molar-refractivity contribution in [2.45, 2.75) is 58.7 Å². The molecular formula is C14H25N3O6. The highest BCUT2D eigenvalue weighted by atomic mass is 16.6. The minimum absolute atomic E-state index is 0.0404. The second kappa shape index (κ2) is 8.44. The van der Waals surface area contributed by atoms with Gasteiger partial charge in [-0.05, 0) is 19.8 Å². The molecule has 2 N–H and O–H groups in total. The summed E-state index contributed by atoms with van der Waals surface area (Å²) in [6.07, 6.45) is 0.0404. The van der Waals surface area contributed by atoms with Gasteiger partial charge in [0, 0.05) is 18.3 Å². The van der Waals surface area contributed by atoms with Crippen molar-refractivity contribution >= 4 is 17.8 Å². The SMILES string of the molecule is COC(=O)[C@H](C)NC(=O)[C@H](C)NC(=O)[C@@](C)(CC(C)C)[N+](=O)[O-]. The Morgan fingerprint density at radius 2 is 1.65 bits per heavy atom. The zero-order valence-electron chi connectivity index (χ0n) is 14.3. The maximum Gasteiger partial charge on any atom is 0.328 e. The third-order valence-corrected chi connectivity index (χ3v) is 3.35. The number of hydrogen-bond donors (Lipinski definition) is 2. The van der Waals surface area contributed by atoms with Crippen LogP contribution in [-0.4, -0.2) is 47.4 Å². The van der Waals surface area contributed by atoms with Crippen LogP contribution in [0.2, 0.25) is 0 Å². The van der Waals surface area contributed by atoms with Gasteiger partial charge in [-0.25, -0.2) is 4.79 Å². The van der Waals surface area contributed by atoms with Crippen LogP contribution in [0.15, 0.2) is 0 Å². The lowest BCUT2D eigenvalue weighted by atomic mass is 9.90. The summed E-state index contributed by atoms with van der Waals surface area (Å²) in [7, 11) is 1.19. The average molecular weight is 331 g/mol. The smallest absolute Gasteiger partial charge is 0.328 e. The summed E-state index contributed by atoms with van der Waals surface area (Å²) < 4.78 is 4.47. The number of esters is 1. The first-order chi connectivity index (χ1) is 10.5. The number of hydrogen-bond acceptors (Lipinski definition) is 6. The van der Waals surface area contributed by atoms with Crippen molar-refractivity contribution in [2.24, 2.45) is 5.92 Å². The Kier molecular flexibility index (Phi) is 7.64. The van der Waals surface area contributed by atoms with Crippen LogP contribution in [0.3, 0.4) is 0 Å². The van der Waals surface area contributed by atoms with E-state index < -0.39 is 40.3 Å². The minimum Gasteiger partial charge on any atom is -0.467 e. The van der Waals surface area contributed by atoms with Crippen LogP contribution in [-0.2, 0) is 19.1 Å². The minimum atomic E-state index is -1.82. The van der Waals surface area contributed by atoms with Gasteiger partial charge >= 0.3 is 5.97 Å². The molecule has 0 aromatic rings. The molecule has 23 heavy (non-hydrogen) atoms. The standard InChI is InChI=1S/C14H25N3O6/c1-8(2)7-14(5,17(21)22)13(20)16-9(3)11(18)15-10(4)12(19)23-6/h8-10H,7H2,1-6H3,(H,15,18)(H,16,20)/t9-,10-,14+/m0/s1.